The van der Waals surface area contributed by atoms with E-state index in [9.17, 15) is 9.50 Å². The Morgan fingerprint density at radius 3 is 2.75 bits per heavy atom. The van der Waals surface area contributed by atoms with Crippen LogP contribution in [0.2, 0.25) is 0 Å². The highest BCUT2D eigenvalue weighted by molar-refractivity contribution is 5.40. The summed E-state index contributed by atoms with van der Waals surface area (Å²) in [5.41, 5.74) is 6.33. The minimum atomic E-state index is -0.445. The molecule has 0 saturated heterocycles. The fourth-order valence-electron chi connectivity index (χ4n) is 1.65. The molecule has 0 fully saturated rings. The van der Waals surface area contributed by atoms with Gasteiger partial charge in [-0.2, -0.15) is 0 Å². The van der Waals surface area contributed by atoms with Crippen LogP contribution >= 0.6 is 0 Å². The lowest BCUT2D eigenvalue weighted by Crippen LogP contribution is -1.97. The number of nitrogens with two attached hydrogens (primary N) is 1. The van der Waals surface area contributed by atoms with E-state index >= 15 is 0 Å². The molecule has 0 atom stereocenters. The fourth-order valence-corrected chi connectivity index (χ4v) is 1.65. The van der Waals surface area contributed by atoms with Crippen LogP contribution in [0.3, 0.4) is 0 Å². The Bertz CT molecular complexity index is 659. The minimum absolute atomic E-state index is 0.171. The number of phenolic OH excluding ortho intramolecular Hbond substituents is 1. The molecule has 0 aliphatic carbocycles. The Labute approximate surface area is 116 Å². The molecule has 4 heteroatoms. The van der Waals surface area contributed by atoms with Gasteiger partial charge in [0, 0.05) is 6.07 Å². The molecule has 2 rings (SSSR count). The Hall–Kier alpha value is -2.51. The van der Waals surface area contributed by atoms with Crippen molar-refractivity contribution in [2.45, 2.75) is 6.61 Å². The zero-order valence-corrected chi connectivity index (χ0v) is 10.8. The number of phenols is 1. The number of hydrogen-bond donors (Lipinski definition) is 2. The van der Waals surface area contributed by atoms with Crippen LogP contribution in [0.4, 0.5) is 4.39 Å². The van der Waals surface area contributed by atoms with E-state index in [1.807, 2.05) is 6.07 Å². The molecular weight excluding hydrogens is 257 g/mol. The van der Waals surface area contributed by atoms with E-state index in [1.165, 1.54) is 6.07 Å². The molecule has 0 amide bonds. The van der Waals surface area contributed by atoms with Gasteiger partial charge in [-0.05, 0) is 29.8 Å². The molecule has 0 heterocycles. The van der Waals surface area contributed by atoms with E-state index in [0.717, 1.165) is 5.56 Å². The second-order valence-corrected chi connectivity index (χ2v) is 4.11. The summed E-state index contributed by atoms with van der Waals surface area (Å²) in [7, 11) is 0. The lowest BCUT2D eigenvalue weighted by molar-refractivity contribution is 0.304. The molecule has 0 aliphatic rings. The van der Waals surface area contributed by atoms with Gasteiger partial charge in [-0.1, -0.05) is 24.0 Å². The standard InChI is InChI=1S/C16H14FNO2/c17-16-10-15(7-6-13(16)4-2-8-18)20-11-12-3-1-5-14(19)9-12/h1,3,5-7,9-10,19H,8,11,18H2. The Morgan fingerprint density at radius 2 is 2.05 bits per heavy atom. The summed E-state index contributed by atoms with van der Waals surface area (Å²) in [4.78, 5) is 0. The average molecular weight is 271 g/mol. The number of rotatable bonds is 3. The second kappa shape index (κ2) is 6.60. The first-order chi connectivity index (χ1) is 9.69. The van der Waals surface area contributed by atoms with Gasteiger partial charge in [-0.3, -0.25) is 0 Å². The normalized spacial score (nSPS) is 9.70. The maximum Gasteiger partial charge on any atom is 0.142 e. The van der Waals surface area contributed by atoms with Crippen LogP contribution in [-0.2, 0) is 6.61 Å². The molecule has 20 heavy (non-hydrogen) atoms. The van der Waals surface area contributed by atoms with Crippen molar-refractivity contribution in [1.82, 2.24) is 0 Å². The number of ether oxygens (including phenoxy) is 1. The monoisotopic (exact) mass is 271 g/mol. The fraction of sp³-hybridized carbons (Fsp3) is 0.125. The molecule has 0 aromatic heterocycles. The third-order valence-corrected chi connectivity index (χ3v) is 2.58. The summed E-state index contributed by atoms with van der Waals surface area (Å²) in [6, 6.07) is 11.2. The summed E-state index contributed by atoms with van der Waals surface area (Å²) in [5, 5.41) is 9.33. The molecule has 0 saturated carbocycles. The van der Waals surface area contributed by atoms with Crippen molar-refractivity contribution in [1.29, 1.82) is 0 Å². The molecule has 2 aromatic carbocycles. The van der Waals surface area contributed by atoms with Crippen molar-refractivity contribution in [3.8, 4) is 23.3 Å². The number of hydrogen-bond acceptors (Lipinski definition) is 3. The summed E-state index contributed by atoms with van der Waals surface area (Å²) in [6.45, 7) is 0.441. The van der Waals surface area contributed by atoms with Crippen molar-refractivity contribution in [2.75, 3.05) is 6.54 Å². The van der Waals surface area contributed by atoms with Crippen LogP contribution in [0.25, 0.3) is 0 Å². The summed E-state index contributed by atoms with van der Waals surface area (Å²) < 4.78 is 19.2. The molecule has 2 aromatic rings. The summed E-state index contributed by atoms with van der Waals surface area (Å²) in [5.74, 6) is 5.37. The molecule has 0 aliphatic heterocycles. The molecule has 3 nitrogen and oxygen atoms in total. The molecule has 102 valence electrons. The van der Waals surface area contributed by atoms with Crippen LogP contribution in [0.15, 0.2) is 42.5 Å². The Kier molecular flexibility index (Phi) is 4.59. The molecule has 0 unspecified atom stereocenters. The SMILES string of the molecule is NCC#Cc1ccc(OCc2cccc(O)c2)cc1F. The van der Waals surface area contributed by atoms with Crippen molar-refractivity contribution in [3.63, 3.8) is 0 Å². The first-order valence-electron chi connectivity index (χ1n) is 6.08. The molecule has 0 radical (unpaired) electrons. The summed E-state index contributed by atoms with van der Waals surface area (Å²) in [6.07, 6.45) is 0. The maximum absolute atomic E-state index is 13.7. The van der Waals surface area contributed by atoms with Crippen molar-refractivity contribution < 1.29 is 14.2 Å². The van der Waals surface area contributed by atoms with E-state index in [2.05, 4.69) is 11.8 Å². The van der Waals surface area contributed by atoms with Gasteiger partial charge in [-0.15, -0.1) is 0 Å². The van der Waals surface area contributed by atoms with Crippen LogP contribution in [-0.4, -0.2) is 11.7 Å². The molecular formula is C16H14FNO2. The van der Waals surface area contributed by atoms with Crippen LogP contribution < -0.4 is 10.5 Å². The van der Waals surface area contributed by atoms with E-state index < -0.39 is 5.82 Å². The van der Waals surface area contributed by atoms with Gasteiger partial charge < -0.3 is 15.6 Å². The van der Waals surface area contributed by atoms with E-state index in [1.54, 1.807) is 30.3 Å². The zero-order valence-electron chi connectivity index (χ0n) is 10.8. The lowest BCUT2D eigenvalue weighted by Gasteiger charge is -2.07. The van der Waals surface area contributed by atoms with Gasteiger partial charge in [0.15, 0.2) is 0 Å². The van der Waals surface area contributed by atoms with E-state index in [4.69, 9.17) is 10.5 Å². The van der Waals surface area contributed by atoms with Crippen molar-refractivity contribution in [3.05, 3.63) is 59.4 Å². The lowest BCUT2D eigenvalue weighted by atomic mass is 10.2. The van der Waals surface area contributed by atoms with Gasteiger partial charge in [0.1, 0.15) is 23.9 Å². The topological polar surface area (TPSA) is 55.5 Å². The van der Waals surface area contributed by atoms with Crippen LogP contribution in [0, 0.1) is 17.7 Å². The van der Waals surface area contributed by atoms with Gasteiger partial charge in [0.05, 0.1) is 12.1 Å². The molecule has 0 bridgehead atoms. The number of aromatic hydroxyl groups is 1. The highest BCUT2D eigenvalue weighted by Gasteiger charge is 2.03. The Morgan fingerprint density at radius 1 is 1.20 bits per heavy atom. The first kappa shape index (κ1) is 13.9. The predicted octanol–water partition coefficient (Wildman–Crippen LogP) is 2.42. The highest BCUT2D eigenvalue weighted by Crippen LogP contribution is 2.18. The minimum Gasteiger partial charge on any atom is -0.508 e. The summed E-state index contributed by atoms with van der Waals surface area (Å²) >= 11 is 0. The second-order valence-electron chi connectivity index (χ2n) is 4.11. The third-order valence-electron chi connectivity index (χ3n) is 2.58. The first-order valence-corrected chi connectivity index (χ1v) is 6.08. The quantitative estimate of drug-likeness (QED) is 0.843. The van der Waals surface area contributed by atoms with E-state index in [-0.39, 0.29) is 18.9 Å². The smallest absolute Gasteiger partial charge is 0.142 e. The van der Waals surface area contributed by atoms with Crippen LogP contribution in [0.5, 0.6) is 11.5 Å². The molecule has 3 N–H and O–H groups in total. The average Bonchev–Trinajstić information content (AvgIpc) is 2.44. The third kappa shape index (κ3) is 3.74. The zero-order chi connectivity index (χ0) is 14.4. The van der Waals surface area contributed by atoms with Gasteiger partial charge >= 0.3 is 0 Å². The molecule has 0 spiro atoms. The van der Waals surface area contributed by atoms with Gasteiger partial charge in [0.25, 0.3) is 0 Å². The predicted molar refractivity (Wildman–Crippen MR) is 74.8 cm³/mol. The van der Waals surface area contributed by atoms with Crippen molar-refractivity contribution >= 4 is 0 Å². The number of halogens is 1. The highest BCUT2D eigenvalue weighted by atomic mass is 19.1. The van der Waals surface area contributed by atoms with Gasteiger partial charge in [-0.25, -0.2) is 4.39 Å². The van der Waals surface area contributed by atoms with Crippen molar-refractivity contribution in [2.24, 2.45) is 5.73 Å². The van der Waals surface area contributed by atoms with E-state index in [0.29, 0.717) is 11.3 Å². The maximum atomic E-state index is 13.7. The number of benzene rings is 2. The van der Waals surface area contributed by atoms with Gasteiger partial charge in [0.2, 0.25) is 0 Å². The Balaban J connectivity index is 2.05. The largest absolute Gasteiger partial charge is 0.508 e. The van der Waals surface area contributed by atoms with Crippen LogP contribution in [0.1, 0.15) is 11.1 Å².